The summed E-state index contributed by atoms with van der Waals surface area (Å²) in [6, 6.07) is 12.8. The summed E-state index contributed by atoms with van der Waals surface area (Å²) in [6.45, 7) is 1.42. The van der Waals surface area contributed by atoms with Crippen molar-refractivity contribution in [3.05, 3.63) is 60.6 Å². The Balaban J connectivity index is 1.28. The fourth-order valence-electron chi connectivity index (χ4n) is 4.25. The van der Waals surface area contributed by atoms with E-state index in [1.807, 2.05) is 31.7 Å². The number of aryl methyl sites for hydroxylation is 1. The van der Waals surface area contributed by atoms with E-state index >= 15 is 0 Å². The van der Waals surface area contributed by atoms with Crippen LogP contribution in [0.4, 0.5) is 5.82 Å². The minimum atomic E-state index is 0.356. The summed E-state index contributed by atoms with van der Waals surface area (Å²) >= 11 is 0. The minimum absolute atomic E-state index is 0.356. The second-order valence-electron chi connectivity index (χ2n) is 8.04. The average Bonchev–Trinajstić information content (AvgIpc) is 3.50. The van der Waals surface area contributed by atoms with Gasteiger partial charge in [0, 0.05) is 42.5 Å². The lowest BCUT2D eigenvalue weighted by Gasteiger charge is -2.21. The molecule has 4 aromatic rings. The number of hydrogen-bond acceptors (Lipinski definition) is 5. The van der Waals surface area contributed by atoms with Gasteiger partial charge in [-0.25, -0.2) is 4.98 Å². The van der Waals surface area contributed by atoms with Gasteiger partial charge in [0.1, 0.15) is 0 Å². The van der Waals surface area contributed by atoms with Crippen LogP contribution in [0.5, 0.6) is 0 Å². The number of nitrogens with zero attached hydrogens (tertiary/aromatic N) is 4. The Morgan fingerprint density at radius 3 is 2.90 bits per heavy atom. The molecule has 0 bridgehead atoms. The molecule has 1 aliphatic carbocycles. The fraction of sp³-hybridized carbons (Fsp3) is 0.348. The molecule has 1 saturated carbocycles. The highest BCUT2D eigenvalue weighted by Gasteiger charge is 2.28. The van der Waals surface area contributed by atoms with Crippen LogP contribution >= 0.6 is 0 Å². The fourth-order valence-corrected chi connectivity index (χ4v) is 4.25. The lowest BCUT2D eigenvalue weighted by molar-refractivity contribution is 0.0860. The van der Waals surface area contributed by atoms with Crippen LogP contribution in [0.3, 0.4) is 0 Å². The first kappa shape index (κ1) is 18.8. The van der Waals surface area contributed by atoms with Gasteiger partial charge in [0.2, 0.25) is 0 Å². The number of nitrogens with one attached hydrogen (secondary N) is 2. The van der Waals surface area contributed by atoms with Crippen molar-refractivity contribution in [3.8, 4) is 11.1 Å². The van der Waals surface area contributed by atoms with Crippen LogP contribution in [0.15, 0.2) is 55.0 Å². The van der Waals surface area contributed by atoms with Gasteiger partial charge in [0.15, 0.2) is 11.5 Å². The number of aromatic nitrogens is 5. The van der Waals surface area contributed by atoms with E-state index in [9.17, 15) is 0 Å². The van der Waals surface area contributed by atoms with Gasteiger partial charge in [0.05, 0.1) is 24.8 Å². The summed E-state index contributed by atoms with van der Waals surface area (Å²) in [6.07, 6.45) is 9.22. The van der Waals surface area contributed by atoms with E-state index in [0.717, 1.165) is 41.0 Å². The number of H-pyrrole nitrogens is 1. The molecule has 2 N–H and O–H groups in total. The second kappa shape index (κ2) is 8.28. The summed E-state index contributed by atoms with van der Waals surface area (Å²) in [5, 5.41) is 16.5. The molecule has 0 saturated heterocycles. The molecule has 3 heterocycles. The van der Waals surface area contributed by atoms with Gasteiger partial charge in [-0.05, 0) is 24.5 Å². The molecule has 7 heteroatoms. The Morgan fingerprint density at radius 2 is 2.07 bits per heavy atom. The standard InChI is InChI=1S/C23H26N6O/c1-29-13-19(12-25-29)18-10-20-22(24-11-18)27-28-23(20)26-21-9-5-8-17(21)15-30-14-16-6-3-2-4-7-16/h2-4,6-7,10-13,17,21H,5,8-9,14-15H2,1H3,(H2,24,26,27,28)/t17-,21+/m1/s1. The van der Waals surface area contributed by atoms with Gasteiger partial charge in [0.25, 0.3) is 0 Å². The van der Waals surface area contributed by atoms with Crippen LogP contribution in [0.25, 0.3) is 22.2 Å². The maximum absolute atomic E-state index is 6.03. The summed E-state index contributed by atoms with van der Waals surface area (Å²) in [4.78, 5) is 4.54. The SMILES string of the molecule is Cn1cc(-c2cnc3[nH]nc(N[C@H]4CCC[C@@H]4COCc4ccccc4)c3c2)cn1. The van der Waals surface area contributed by atoms with E-state index in [0.29, 0.717) is 18.6 Å². The number of aromatic amines is 1. The van der Waals surface area contributed by atoms with Gasteiger partial charge in [-0.15, -0.1) is 0 Å². The highest BCUT2D eigenvalue weighted by atomic mass is 16.5. The normalized spacial score (nSPS) is 18.8. The Kier molecular flexibility index (Phi) is 5.19. The van der Waals surface area contributed by atoms with Crippen molar-refractivity contribution in [3.63, 3.8) is 0 Å². The zero-order valence-electron chi connectivity index (χ0n) is 17.1. The lowest BCUT2D eigenvalue weighted by atomic mass is 10.0. The molecular weight excluding hydrogens is 376 g/mol. The van der Waals surface area contributed by atoms with Crippen molar-refractivity contribution in [2.75, 3.05) is 11.9 Å². The van der Waals surface area contributed by atoms with Crippen LogP contribution in [0, 0.1) is 5.92 Å². The van der Waals surface area contributed by atoms with Crippen molar-refractivity contribution in [1.82, 2.24) is 25.0 Å². The number of hydrogen-bond donors (Lipinski definition) is 2. The first-order chi connectivity index (χ1) is 14.8. The molecule has 0 aliphatic heterocycles. The van der Waals surface area contributed by atoms with E-state index in [4.69, 9.17) is 4.74 Å². The van der Waals surface area contributed by atoms with Crippen LogP contribution in [-0.4, -0.2) is 37.6 Å². The van der Waals surface area contributed by atoms with Gasteiger partial charge < -0.3 is 10.1 Å². The van der Waals surface area contributed by atoms with Crippen molar-refractivity contribution < 1.29 is 4.74 Å². The Bertz CT molecular complexity index is 1120. The molecule has 0 unspecified atom stereocenters. The van der Waals surface area contributed by atoms with Crippen molar-refractivity contribution in [2.24, 2.45) is 13.0 Å². The van der Waals surface area contributed by atoms with E-state index in [1.165, 1.54) is 18.4 Å². The highest BCUT2D eigenvalue weighted by Crippen LogP contribution is 2.32. The third kappa shape index (κ3) is 3.93. The molecule has 7 nitrogen and oxygen atoms in total. The first-order valence-corrected chi connectivity index (χ1v) is 10.5. The smallest absolute Gasteiger partial charge is 0.157 e. The van der Waals surface area contributed by atoms with E-state index < -0.39 is 0 Å². The predicted octanol–water partition coefficient (Wildman–Crippen LogP) is 4.16. The molecule has 1 fully saturated rings. The molecule has 30 heavy (non-hydrogen) atoms. The monoisotopic (exact) mass is 402 g/mol. The van der Waals surface area contributed by atoms with E-state index in [1.54, 1.807) is 4.68 Å². The summed E-state index contributed by atoms with van der Waals surface area (Å²) in [5.74, 6) is 1.35. The largest absolute Gasteiger partial charge is 0.376 e. The zero-order chi connectivity index (χ0) is 20.3. The second-order valence-corrected chi connectivity index (χ2v) is 8.04. The molecule has 1 aliphatic rings. The van der Waals surface area contributed by atoms with Gasteiger partial charge in [-0.1, -0.05) is 36.8 Å². The summed E-state index contributed by atoms with van der Waals surface area (Å²) < 4.78 is 7.83. The average molecular weight is 403 g/mol. The molecule has 1 aromatic carbocycles. The van der Waals surface area contributed by atoms with Crippen molar-refractivity contribution in [1.29, 1.82) is 0 Å². The number of rotatable bonds is 7. The number of fused-ring (bicyclic) bond motifs is 1. The van der Waals surface area contributed by atoms with E-state index in [2.05, 4.69) is 55.9 Å². The molecule has 0 spiro atoms. The molecule has 2 atom stereocenters. The molecule has 0 radical (unpaired) electrons. The van der Waals surface area contributed by atoms with Crippen molar-refractivity contribution >= 4 is 16.9 Å². The van der Waals surface area contributed by atoms with Gasteiger partial charge in [-0.2, -0.15) is 10.2 Å². The number of anilines is 1. The minimum Gasteiger partial charge on any atom is -0.376 e. The zero-order valence-corrected chi connectivity index (χ0v) is 17.1. The maximum Gasteiger partial charge on any atom is 0.157 e. The van der Waals surface area contributed by atoms with E-state index in [-0.39, 0.29) is 0 Å². The third-order valence-electron chi connectivity index (χ3n) is 5.88. The molecule has 3 aromatic heterocycles. The van der Waals surface area contributed by atoms with Crippen LogP contribution in [0.1, 0.15) is 24.8 Å². The Morgan fingerprint density at radius 1 is 1.17 bits per heavy atom. The van der Waals surface area contributed by atoms with Crippen molar-refractivity contribution in [2.45, 2.75) is 31.9 Å². The number of pyridine rings is 1. The topological polar surface area (TPSA) is 80.7 Å². The predicted molar refractivity (Wildman–Crippen MR) is 117 cm³/mol. The maximum atomic E-state index is 6.03. The molecular formula is C23H26N6O. The Labute approximate surface area is 175 Å². The number of benzene rings is 1. The lowest BCUT2D eigenvalue weighted by Crippen LogP contribution is -2.27. The summed E-state index contributed by atoms with van der Waals surface area (Å²) in [5.41, 5.74) is 4.09. The van der Waals surface area contributed by atoms with Gasteiger partial charge in [-0.3, -0.25) is 9.78 Å². The summed E-state index contributed by atoms with van der Waals surface area (Å²) in [7, 11) is 1.92. The Hall–Kier alpha value is -3.19. The molecule has 154 valence electrons. The van der Waals surface area contributed by atoms with Crippen LogP contribution in [0.2, 0.25) is 0 Å². The number of ether oxygens (including phenoxy) is 1. The first-order valence-electron chi connectivity index (χ1n) is 10.5. The third-order valence-corrected chi connectivity index (χ3v) is 5.88. The molecule has 0 amide bonds. The highest BCUT2D eigenvalue weighted by molar-refractivity contribution is 5.90. The van der Waals surface area contributed by atoms with Crippen LogP contribution in [-0.2, 0) is 18.4 Å². The van der Waals surface area contributed by atoms with Gasteiger partial charge >= 0.3 is 0 Å². The van der Waals surface area contributed by atoms with Crippen LogP contribution < -0.4 is 5.32 Å². The molecule has 5 rings (SSSR count). The quantitative estimate of drug-likeness (QED) is 0.485.